The molecule has 13 heteroatoms. The van der Waals surface area contributed by atoms with Crippen LogP contribution >= 0.6 is 0 Å². The van der Waals surface area contributed by atoms with Crippen LogP contribution in [0.2, 0.25) is 0 Å². The third-order valence-corrected chi connectivity index (χ3v) is 9.99. The second kappa shape index (κ2) is 13.7. The summed E-state index contributed by atoms with van der Waals surface area (Å²) in [5, 5.41) is 22.1. The molecular weight excluding hydrogens is 634 g/mol. The van der Waals surface area contributed by atoms with Crippen molar-refractivity contribution in [1.29, 1.82) is 0 Å². The quantitative estimate of drug-likeness (QED) is 0.158. The highest BCUT2D eigenvalue weighted by atomic mass is 16.6. The maximum absolute atomic E-state index is 13.6. The van der Waals surface area contributed by atoms with Crippen LogP contribution in [0.3, 0.4) is 0 Å². The van der Waals surface area contributed by atoms with E-state index >= 15 is 0 Å². The summed E-state index contributed by atoms with van der Waals surface area (Å²) in [4.78, 5) is 42.0. The first-order valence-electron chi connectivity index (χ1n) is 18.0. The Balaban J connectivity index is 0.987. The predicted octanol–water partition coefficient (Wildman–Crippen LogP) is 5.08. The Hall–Kier alpha value is -4.49. The molecule has 0 radical (unpaired) electrons. The maximum atomic E-state index is 13.6. The SMILES string of the molecule is CC[C@@]1(O)CCc2ccc(-n3c4nc(Nc5ccc(NCCNC6CCN(C(=O)OC(C)(C)C)CC6)cc5)ncc4c(=O)n3CC3CC3)nc21. The summed E-state index contributed by atoms with van der Waals surface area (Å²) in [5.41, 5.74) is 2.47. The number of nitrogens with one attached hydrogen (secondary N) is 3. The smallest absolute Gasteiger partial charge is 0.410 e. The number of piperidine rings is 1. The predicted molar refractivity (Wildman–Crippen MR) is 193 cm³/mol. The Bertz CT molecular complexity index is 1900. The molecule has 1 saturated carbocycles. The summed E-state index contributed by atoms with van der Waals surface area (Å²) in [5.74, 6) is 1.41. The molecule has 3 aliphatic rings. The van der Waals surface area contributed by atoms with Crippen molar-refractivity contribution in [2.75, 3.05) is 36.8 Å². The summed E-state index contributed by atoms with van der Waals surface area (Å²) in [7, 11) is 0. The molecule has 1 saturated heterocycles. The molecule has 1 amide bonds. The van der Waals surface area contributed by atoms with Gasteiger partial charge in [-0.05, 0) is 108 Å². The van der Waals surface area contributed by atoms with Crippen molar-refractivity contribution < 1.29 is 14.6 Å². The van der Waals surface area contributed by atoms with Crippen LogP contribution < -0.4 is 21.5 Å². The molecule has 13 nitrogen and oxygen atoms in total. The first-order chi connectivity index (χ1) is 24.0. The average Bonchev–Trinajstić information content (AvgIpc) is 3.81. The van der Waals surface area contributed by atoms with Gasteiger partial charge in [-0.2, -0.15) is 4.98 Å². The van der Waals surface area contributed by atoms with E-state index in [2.05, 4.69) is 20.9 Å². The normalized spacial score (nSPS) is 19.5. The van der Waals surface area contributed by atoms with E-state index in [1.807, 2.05) is 68.8 Å². The van der Waals surface area contributed by atoms with Gasteiger partial charge in [0.25, 0.3) is 5.56 Å². The number of hydrogen-bond acceptors (Lipinski definition) is 10. The summed E-state index contributed by atoms with van der Waals surface area (Å²) in [6.07, 6.45) is 7.37. The van der Waals surface area contributed by atoms with E-state index < -0.39 is 11.2 Å². The fraction of sp³-hybridized carbons (Fsp3) is 0.541. The van der Waals surface area contributed by atoms with Gasteiger partial charge in [0, 0.05) is 56.3 Å². The monoisotopic (exact) mass is 683 g/mol. The van der Waals surface area contributed by atoms with Crippen LogP contribution in [-0.2, 0) is 23.3 Å². The number of amides is 1. The van der Waals surface area contributed by atoms with E-state index in [9.17, 15) is 14.7 Å². The van der Waals surface area contributed by atoms with Crippen molar-refractivity contribution in [3.63, 3.8) is 0 Å². The van der Waals surface area contributed by atoms with E-state index in [1.54, 1.807) is 15.8 Å². The summed E-state index contributed by atoms with van der Waals surface area (Å²) < 4.78 is 9.04. The number of ether oxygens (including phenoxy) is 1. The highest BCUT2D eigenvalue weighted by Crippen LogP contribution is 2.39. The third kappa shape index (κ3) is 7.34. The Kier molecular flexibility index (Phi) is 9.29. The molecule has 4 heterocycles. The molecule has 4 aromatic rings. The van der Waals surface area contributed by atoms with Gasteiger partial charge in [-0.1, -0.05) is 13.0 Å². The Morgan fingerprint density at radius 2 is 1.76 bits per heavy atom. The Labute approximate surface area is 292 Å². The van der Waals surface area contributed by atoms with Gasteiger partial charge in [0.2, 0.25) is 5.95 Å². The van der Waals surface area contributed by atoms with E-state index in [4.69, 9.17) is 14.7 Å². The molecule has 0 unspecified atom stereocenters. The Morgan fingerprint density at radius 3 is 2.46 bits per heavy atom. The fourth-order valence-corrected chi connectivity index (χ4v) is 6.91. The van der Waals surface area contributed by atoms with Crippen molar-refractivity contribution in [1.82, 2.24) is 34.5 Å². The average molecular weight is 684 g/mol. The van der Waals surface area contributed by atoms with Crippen molar-refractivity contribution >= 4 is 34.4 Å². The number of rotatable bonds is 11. The highest BCUT2D eigenvalue weighted by molar-refractivity contribution is 5.77. The molecule has 3 aromatic heterocycles. The van der Waals surface area contributed by atoms with Crippen LogP contribution in [0.25, 0.3) is 16.9 Å². The van der Waals surface area contributed by atoms with E-state index in [0.717, 1.165) is 62.1 Å². The van der Waals surface area contributed by atoms with Crippen molar-refractivity contribution in [3.05, 3.63) is 64.2 Å². The van der Waals surface area contributed by atoms with Crippen molar-refractivity contribution in [3.8, 4) is 5.82 Å². The van der Waals surface area contributed by atoms with Crippen LogP contribution in [0.5, 0.6) is 0 Å². The fourth-order valence-electron chi connectivity index (χ4n) is 6.91. The zero-order valence-corrected chi connectivity index (χ0v) is 29.5. The van der Waals surface area contributed by atoms with E-state index in [0.29, 0.717) is 72.9 Å². The van der Waals surface area contributed by atoms with Crippen LogP contribution in [0.15, 0.2) is 47.4 Å². The van der Waals surface area contributed by atoms with Gasteiger partial charge < -0.3 is 30.7 Å². The number of likely N-dealkylation sites (tertiary alicyclic amines) is 1. The molecule has 266 valence electrons. The molecule has 1 atom stereocenters. The number of aryl methyl sites for hydroxylation is 1. The number of hydrogen-bond donors (Lipinski definition) is 4. The van der Waals surface area contributed by atoms with Gasteiger partial charge in [-0.15, -0.1) is 0 Å². The number of nitrogens with zero attached hydrogens (tertiary/aromatic N) is 6. The van der Waals surface area contributed by atoms with Crippen LogP contribution in [0, 0.1) is 5.92 Å². The van der Waals surface area contributed by atoms with Crippen LogP contribution in [0.4, 0.5) is 22.1 Å². The summed E-state index contributed by atoms with van der Waals surface area (Å²) in [6.45, 7) is 11.2. The lowest BCUT2D eigenvalue weighted by atomic mass is 9.98. The third-order valence-electron chi connectivity index (χ3n) is 9.99. The topological polar surface area (TPSA) is 151 Å². The van der Waals surface area contributed by atoms with Gasteiger partial charge in [-0.3, -0.25) is 4.79 Å². The molecule has 1 aliphatic heterocycles. The van der Waals surface area contributed by atoms with E-state index in [1.165, 1.54) is 0 Å². The molecule has 2 fully saturated rings. The minimum atomic E-state index is -0.961. The lowest BCUT2D eigenvalue weighted by Crippen LogP contribution is -2.47. The number of fused-ring (bicyclic) bond motifs is 2. The van der Waals surface area contributed by atoms with E-state index in [-0.39, 0.29) is 11.7 Å². The lowest BCUT2D eigenvalue weighted by molar-refractivity contribution is 0.0198. The molecule has 50 heavy (non-hydrogen) atoms. The largest absolute Gasteiger partial charge is 0.444 e. The molecule has 4 N–H and O–H groups in total. The van der Waals surface area contributed by atoms with Crippen LogP contribution in [-0.4, -0.2) is 78.2 Å². The number of pyridine rings is 1. The number of aliphatic hydroxyl groups is 1. The summed E-state index contributed by atoms with van der Waals surface area (Å²) >= 11 is 0. The number of carbonyl (C=O) groups is 1. The zero-order chi connectivity index (χ0) is 35.0. The molecule has 7 rings (SSSR count). The van der Waals surface area contributed by atoms with Gasteiger partial charge in [0.1, 0.15) is 16.6 Å². The van der Waals surface area contributed by atoms with Gasteiger partial charge in [-0.25, -0.2) is 24.1 Å². The first kappa shape index (κ1) is 34.0. The zero-order valence-electron chi connectivity index (χ0n) is 29.5. The molecule has 1 aromatic carbocycles. The molecule has 0 bridgehead atoms. The van der Waals surface area contributed by atoms with Crippen LogP contribution in [0.1, 0.15) is 77.5 Å². The van der Waals surface area contributed by atoms with Gasteiger partial charge >= 0.3 is 6.09 Å². The second-order valence-electron chi connectivity index (χ2n) is 15.0. The summed E-state index contributed by atoms with van der Waals surface area (Å²) in [6, 6.07) is 12.3. The maximum Gasteiger partial charge on any atom is 0.410 e. The molecule has 0 spiro atoms. The minimum absolute atomic E-state index is 0.136. The number of aromatic nitrogens is 5. The Morgan fingerprint density at radius 1 is 1.02 bits per heavy atom. The lowest BCUT2D eigenvalue weighted by Gasteiger charge is -2.33. The first-order valence-corrected chi connectivity index (χ1v) is 18.0. The number of carbonyl (C=O) groups excluding carboxylic acids is 1. The molecule has 2 aliphatic carbocycles. The highest BCUT2D eigenvalue weighted by Gasteiger charge is 2.37. The van der Waals surface area contributed by atoms with Gasteiger partial charge in [0.15, 0.2) is 11.5 Å². The number of benzene rings is 1. The van der Waals surface area contributed by atoms with Crippen molar-refractivity contribution in [2.24, 2.45) is 5.92 Å². The standard InChI is InChI=1S/C37H49N9O4/c1-5-37(49)17-14-25-8-13-30(42-31(25)37)46-32-29(33(47)45(46)23-24-6-7-24)22-40-34(43-32)41-28-11-9-26(10-12-28)38-18-19-39-27-15-20-44(21-16-27)35(48)50-36(2,3)4/h8-13,22,24,27,38-39,49H,5-7,14-21,23H2,1-4H3,(H,40,41,43)/t37-/m1/s1. The minimum Gasteiger partial charge on any atom is -0.444 e. The van der Waals surface area contributed by atoms with Gasteiger partial charge in [0.05, 0.1) is 5.69 Å². The van der Waals surface area contributed by atoms with Crippen molar-refractivity contribution in [2.45, 2.75) is 96.4 Å². The number of anilines is 3. The second-order valence-corrected chi connectivity index (χ2v) is 15.0. The molecular formula is C37H49N9O4.